The monoisotopic (exact) mass is 622 g/mol. The van der Waals surface area contributed by atoms with Crippen LogP contribution in [-0.2, 0) is 32.3 Å². The molecule has 6 aliphatic heterocycles. The molecule has 0 spiro atoms. The van der Waals surface area contributed by atoms with E-state index < -0.39 is 0 Å². The van der Waals surface area contributed by atoms with E-state index in [0.29, 0.717) is 29.6 Å². The fraction of sp³-hybridized carbons (Fsp3) is 0.368. The zero-order chi connectivity index (χ0) is 31.8. The van der Waals surface area contributed by atoms with Gasteiger partial charge in [0.15, 0.2) is 23.0 Å². The Kier molecular flexibility index (Phi) is 8.40. The van der Waals surface area contributed by atoms with Gasteiger partial charge >= 0.3 is 0 Å². The van der Waals surface area contributed by atoms with Crippen LogP contribution in [0.4, 0.5) is 0 Å². The van der Waals surface area contributed by atoms with E-state index in [-0.39, 0.29) is 12.1 Å². The Labute approximate surface area is 271 Å². The average molecular weight is 623 g/mol. The van der Waals surface area contributed by atoms with Crippen LogP contribution in [0.3, 0.4) is 0 Å². The van der Waals surface area contributed by atoms with Crippen molar-refractivity contribution in [3.8, 4) is 40.2 Å². The molecule has 46 heavy (non-hydrogen) atoms. The van der Waals surface area contributed by atoms with E-state index in [1.54, 1.807) is 28.4 Å². The largest absolute Gasteiger partial charge is 0.493 e. The Hall–Kier alpha value is -4.40. The van der Waals surface area contributed by atoms with Crippen LogP contribution in [0.5, 0.6) is 40.2 Å². The van der Waals surface area contributed by atoms with Gasteiger partial charge in [0.25, 0.3) is 0 Å². The van der Waals surface area contributed by atoms with Crippen LogP contribution in [0.15, 0.2) is 60.7 Å². The summed E-state index contributed by atoms with van der Waals surface area (Å²) in [5.74, 6) is 4.82. The molecule has 6 heterocycles. The average Bonchev–Trinajstić information content (AvgIpc) is 3.08. The maximum atomic E-state index is 6.77. The molecule has 1 N–H and O–H groups in total. The highest BCUT2D eigenvalue weighted by Gasteiger charge is 2.33. The molecule has 0 fully saturated rings. The van der Waals surface area contributed by atoms with E-state index in [4.69, 9.17) is 28.4 Å². The van der Waals surface area contributed by atoms with Crippen molar-refractivity contribution < 1.29 is 28.4 Å². The summed E-state index contributed by atoms with van der Waals surface area (Å²) >= 11 is 0. The first kappa shape index (κ1) is 30.3. The summed E-state index contributed by atoms with van der Waals surface area (Å²) in [4.78, 5) is 2.41. The molecule has 8 heteroatoms. The minimum atomic E-state index is 0.0467. The first-order valence-corrected chi connectivity index (χ1v) is 16.0. The van der Waals surface area contributed by atoms with Crippen molar-refractivity contribution in [2.75, 3.05) is 48.6 Å². The third-order valence-corrected chi connectivity index (χ3v) is 9.65. The lowest BCUT2D eigenvalue weighted by molar-refractivity contribution is 0.221. The summed E-state index contributed by atoms with van der Waals surface area (Å²) < 4.78 is 36.9. The van der Waals surface area contributed by atoms with Gasteiger partial charge in [-0.15, -0.1) is 0 Å². The van der Waals surface area contributed by atoms with Crippen LogP contribution in [0.2, 0.25) is 0 Å². The van der Waals surface area contributed by atoms with Crippen molar-refractivity contribution in [2.24, 2.45) is 0 Å². The lowest BCUT2D eigenvalue weighted by Crippen LogP contribution is -2.34. The number of ether oxygens (including phenoxy) is 6. The number of nitrogens with one attached hydrogen (secondary N) is 1. The first-order valence-electron chi connectivity index (χ1n) is 16.0. The Balaban J connectivity index is 1.37. The molecule has 0 radical (unpaired) electrons. The summed E-state index contributed by atoms with van der Waals surface area (Å²) in [5.41, 5.74) is 8.19. The number of likely N-dealkylation sites (N-methyl/N-ethyl adjacent to an activating group) is 1. The third-order valence-electron chi connectivity index (χ3n) is 9.65. The zero-order valence-electron chi connectivity index (χ0n) is 27.3. The van der Waals surface area contributed by atoms with Crippen LogP contribution in [0.1, 0.15) is 51.0 Å². The highest BCUT2D eigenvalue weighted by molar-refractivity contribution is 5.63. The second-order valence-corrected chi connectivity index (χ2v) is 12.3. The SMILES string of the molecule is COc1cc2c3c(c1OC)Oc1ccc(cc1)C[C@H]1NCCc4cc(OC)c(c(OC)c41)OCc1ccc(cc1)C[C@H]3N(C)CC2. The topological polar surface area (TPSA) is 70.7 Å². The first-order chi connectivity index (χ1) is 22.5. The van der Waals surface area contributed by atoms with Crippen LogP contribution in [-0.4, -0.2) is 53.5 Å². The number of rotatable bonds is 4. The van der Waals surface area contributed by atoms with Gasteiger partial charge in [0.2, 0.25) is 11.5 Å². The van der Waals surface area contributed by atoms with E-state index in [0.717, 1.165) is 72.7 Å². The van der Waals surface area contributed by atoms with Crippen molar-refractivity contribution >= 4 is 0 Å². The quantitative estimate of drug-likeness (QED) is 0.273. The molecule has 0 saturated heterocycles. The van der Waals surface area contributed by atoms with E-state index >= 15 is 0 Å². The van der Waals surface area contributed by atoms with Crippen molar-refractivity contribution in [1.29, 1.82) is 0 Å². The number of methoxy groups -OCH3 is 4. The molecule has 4 aromatic carbocycles. The summed E-state index contributed by atoms with van der Waals surface area (Å²) in [6.45, 7) is 2.20. The summed E-state index contributed by atoms with van der Waals surface area (Å²) in [6.07, 6.45) is 3.38. The number of nitrogens with zero attached hydrogens (tertiary/aromatic N) is 1. The van der Waals surface area contributed by atoms with E-state index in [1.165, 1.54) is 22.3 Å². The van der Waals surface area contributed by atoms with Gasteiger partial charge in [-0.3, -0.25) is 4.90 Å². The predicted molar refractivity (Wildman–Crippen MR) is 177 cm³/mol. The van der Waals surface area contributed by atoms with Crippen LogP contribution >= 0.6 is 0 Å². The van der Waals surface area contributed by atoms with Gasteiger partial charge in [-0.05, 0) is 91.4 Å². The van der Waals surface area contributed by atoms with Gasteiger partial charge in [0, 0.05) is 29.8 Å². The molecule has 8 nitrogen and oxygen atoms in total. The van der Waals surface area contributed by atoms with Crippen molar-refractivity contribution in [1.82, 2.24) is 10.2 Å². The summed E-state index contributed by atoms with van der Waals surface area (Å²) in [5, 5.41) is 3.73. The minimum Gasteiger partial charge on any atom is -0.493 e. The maximum Gasteiger partial charge on any atom is 0.204 e. The van der Waals surface area contributed by atoms with Crippen LogP contribution in [0.25, 0.3) is 0 Å². The zero-order valence-corrected chi connectivity index (χ0v) is 27.3. The Morgan fingerprint density at radius 1 is 0.696 bits per heavy atom. The minimum absolute atomic E-state index is 0.0467. The fourth-order valence-electron chi connectivity index (χ4n) is 7.25. The van der Waals surface area contributed by atoms with Gasteiger partial charge < -0.3 is 33.7 Å². The molecule has 6 bridgehead atoms. The molecule has 10 rings (SSSR count). The van der Waals surface area contributed by atoms with Crippen molar-refractivity contribution in [3.63, 3.8) is 0 Å². The second-order valence-electron chi connectivity index (χ2n) is 12.3. The molecule has 0 unspecified atom stereocenters. The molecule has 6 aliphatic rings. The summed E-state index contributed by atoms with van der Waals surface area (Å²) in [7, 11) is 8.94. The van der Waals surface area contributed by atoms with Gasteiger partial charge in [0.1, 0.15) is 12.4 Å². The smallest absolute Gasteiger partial charge is 0.204 e. The van der Waals surface area contributed by atoms with Crippen molar-refractivity contribution in [3.05, 3.63) is 99.6 Å². The van der Waals surface area contributed by atoms with E-state index in [9.17, 15) is 0 Å². The van der Waals surface area contributed by atoms with Crippen LogP contribution in [0, 0.1) is 0 Å². The normalized spacial score (nSPS) is 19.0. The van der Waals surface area contributed by atoms with Crippen molar-refractivity contribution in [2.45, 2.75) is 44.4 Å². The summed E-state index contributed by atoms with van der Waals surface area (Å²) in [6, 6.07) is 21.4. The molecule has 0 amide bonds. The molecule has 2 atom stereocenters. The lowest BCUT2D eigenvalue weighted by atomic mass is 9.87. The molecule has 0 saturated carbocycles. The Morgan fingerprint density at radius 3 is 2.07 bits per heavy atom. The molecule has 0 aromatic heterocycles. The third kappa shape index (κ3) is 5.50. The van der Waals surface area contributed by atoms with Gasteiger partial charge in [-0.25, -0.2) is 0 Å². The lowest BCUT2D eigenvalue weighted by Gasteiger charge is -2.36. The maximum absolute atomic E-state index is 6.77. The number of hydrogen-bond acceptors (Lipinski definition) is 8. The van der Waals surface area contributed by atoms with Gasteiger partial charge in [-0.1, -0.05) is 36.4 Å². The highest BCUT2D eigenvalue weighted by atomic mass is 16.5. The predicted octanol–water partition coefficient (Wildman–Crippen LogP) is 6.61. The van der Waals surface area contributed by atoms with E-state index in [2.05, 4.69) is 65.8 Å². The number of benzene rings is 4. The number of hydrogen-bond donors (Lipinski definition) is 1. The standard InChI is InChI=1S/C38H42N2O6/c1-40-17-15-27-21-31(41-2)35(43-4)38-34(27)30(40)19-24-6-8-25(9-7-24)22-45-36-32(42-3)20-26-14-16-39-29(33(26)37(36)44-5)18-23-10-12-28(46-38)13-11-23/h6-13,20-21,29-30,39H,14-19,22H2,1-5H3/t29-,30-/m1/s1. The molecule has 4 aromatic rings. The fourth-order valence-corrected chi connectivity index (χ4v) is 7.25. The second kappa shape index (κ2) is 12.8. The van der Waals surface area contributed by atoms with E-state index in [1.807, 2.05) is 12.1 Å². The van der Waals surface area contributed by atoms with Gasteiger partial charge in [-0.2, -0.15) is 0 Å². The van der Waals surface area contributed by atoms with Gasteiger partial charge in [0.05, 0.1) is 28.4 Å². The highest BCUT2D eigenvalue weighted by Crippen LogP contribution is 2.50. The molecule has 0 aliphatic carbocycles. The molecule has 240 valence electrons. The Morgan fingerprint density at radius 2 is 1.35 bits per heavy atom. The Bertz CT molecular complexity index is 1720. The molecular weight excluding hydrogens is 580 g/mol. The van der Waals surface area contributed by atoms with Crippen LogP contribution < -0.4 is 33.7 Å². The molecular formula is C38H42N2O6.